The maximum Gasteiger partial charge on any atom is 0.263 e. The Hall–Kier alpha value is -1.64. The summed E-state index contributed by atoms with van der Waals surface area (Å²) >= 11 is 0. The summed E-state index contributed by atoms with van der Waals surface area (Å²) in [5.74, 6) is 0.477. The second-order valence-corrected chi connectivity index (χ2v) is 8.67. The Morgan fingerprint density at radius 3 is 2.81 bits per heavy atom. The van der Waals surface area contributed by atoms with E-state index in [9.17, 15) is 13.2 Å². The second kappa shape index (κ2) is 7.94. The Balaban J connectivity index is 0.00000243. The maximum absolute atomic E-state index is 12.3. The van der Waals surface area contributed by atoms with Crippen molar-refractivity contribution in [3.05, 3.63) is 29.8 Å². The summed E-state index contributed by atoms with van der Waals surface area (Å²) in [4.78, 5) is 18.7. The normalized spacial score (nSPS) is 24.8. The number of fused-ring (bicyclic) bond motifs is 1. The lowest BCUT2D eigenvalue weighted by Gasteiger charge is -2.22. The minimum absolute atomic E-state index is 0. The van der Waals surface area contributed by atoms with Crippen LogP contribution < -0.4 is 10.5 Å². The van der Waals surface area contributed by atoms with Crippen LogP contribution in [0.1, 0.15) is 31.7 Å². The monoisotopic (exact) mass is 400 g/mol. The van der Waals surface area contributed by atoms with E-state index in [0.29, 0.717) is 43.9 Å². The molecule has 1 amide bonds. The first kappa shape index (κ1) is 20.7. The largest absolute Gasteiger partial charge is 0.342 e. The summed E-state index contributed by atoms with van der Waals surface area (Å²) in [6.45, 7) is 4.57. The number of likely N-dealkylation sites (tertiary alicyclic amines) is 1. The fourth-order valence-corrected chi connectivity index (χ4v) is 4.48. The van der Waals surface area contributed by atoms with Gasteiger partial charge in [-0.3, -0.25) is 14.5 Å². The molecule has 0 bridgehead atoms. The van der Waals surface area contributed by atoms with Gasteiger partial charge in [0.1, 0.15) is 5.84 Å². The minimum Gasteiger partial charge on any atom is -0.342 e. The van der Waals surface area contributed by atoms with E-state index in [1.54, 1.807) is 24.3 Å². The number of nitrogens with one attached hydrogen (secondary N) is 1. The highest BCUT2D eigenvalue weighted by Crippen LogP contribution is 2.29. The molecule has 0 saturated carbocycles. The van der Waals surface area contributed by atoms with Gasteiger partial charge in [-0.25, -0.2) is 8.42 Å². The van der Waals surface area contributed by atoms with Gasteiger partial charge in [-0.05, 0) is 36.9 Å². The van der Waals surface area contributed by atoms with Crippen molar-refractivity contribution >= 4 is 34.2 Å². The maximum atomic E-state index is 12.3. The minimum atomic E-state index is -3.51. The number of benzene rings is 1. The lowest BCUT2D eigenvalue weighted by atomic mass is 9.90. The summed E-state index contributed by atoms with van der Waals surface area (Å²) in [6, 6.07) is 6.76. The van der Waals surface area contributed by atoms with E-state index >= 15 is 0 Å². The second-order valence-electron chi connectivity index (χ2n) is 7.02. The third-order valence-electron chi connectivity index (χ3n) is 4.88. The number of nitrogens with two attached hydrogens (primary N) is 1. The lowest BCUT2D eigenvalue weighted by Crippen LogP contribution is -2.34. The number of carbonyl (C=O) groups excluding carboxylic acids is 1. The SMILES string of the molecule is CC1(CN)CCN(C(=O)CCCN=C2NS(=O)(=O)c3ccccc32)C1.Cl. The third-order valence-corrected chi connectivity index (χ3v) is 6.28. The zero-order valence-electron chi connectivity index (χ0n) is 14.8. The van der Waals surface area contributed by atoms with Crippen molar-refractivity contribution < 1.29 is 13.2 Å². The van der Waals surface area contributed by atoms with Crippen molar-refractivity contribution in [2.24, 2.45) is 16.1 Å². The fraction of sp³-hybridized carbons (Fsp3) is 0.529. The van der Waals surface area contributed by atoms with E-state index in [4.69, 9.17) is 5.73 Å². The Labute approximate surface area is 160 Å². The standard InChI is InChI=1S/C17H24N4O3S.ClH/c1-17(11-18)8-10-21(12-17)15(22)7-4-9-19-16-13-5-2-3-6-14(13)25(23,24)20-16;/h2-3,5-6H,4,7-12,18H2,1H3,(H,19,20);1H. The predicted octanol–water partition coefficient (Wildman–Crippen LogP) is 1.12. The van der Waals surface area contributed by atoms with Crippen molar-refractivity contribution in [3.8, 4) is 0 Å². The number of nitrogens with zero attached hydrogens (tertiary/aromatic N) is 2. The van der Waals surface area contributed by atoms with Crippen LogP contribution in [0.2, 0.25) is 0 Å². The number of sulfonamides is 1. The quantitative estimate of drug-likeness (QED) is 0.722. The summed E-state index contributed by atoms with van der Waals surface area (Å²) in [5, 5.41) is 0. The molecular weight excluding hydrogens is 376 g/mol. The molecular formula is C17H25ClN4O3S. The molecule has 0 aromatic heterocycles. The van der Waals surface area contributed by atoms with E-state index in [1.165, 1.54) is 0 Å². The molecule has 1 saturated heterocycles. The molecule has 2 aliphatic heterocycles. The van der Waals surface area contributed by atoms with Crippen LogP contribution in [0.15, 0.2) is 34.2 Å². The molecule has 1 fully saturated rings. The van der Waals surface area contributed by atoms with Crippen LogP contribution in [0, 0.1) is 5.41 Å². The van der Waals surface area contributed by atoms with Crippen LogP contribution in [0.3, 0.4) is 0 Å². The first-order valence-corrected chi connectivity index (χ1v) is 9.97. The average molecular weight is 401 g/mol. The van der Waals surface area contributed by atoms with Crippen LogP contribution in [0.25, 0.3) is 0 Å². The molecule has 7 nitrogen and oxygen atoms in total. The molecule has 0 radical (unpaired) electrons. The molecule has 0 spiro atoms. The third kappa shape index (κ3) is 4.19. The van der Waals surface area contributed by atoms with E-state index in [1.807, 2.05) is 4.90 Å². The van der Waals surface area contributed by atoms with E-state index in [0.717, 1.165) is 13.0 Å². The van der Waals surface area contributed by atoms with Crippen molar-refractivity contribution in [3.63, 3.8) is 0 Å². The first-order valence-electron chi connectivity index (χ1n) is 8.49. The molecule has 2 aliphatic rings. The number of amidine groups is 1. The topological polar surface area (TPSA) is 105 Å². The number of hydrogen-bond acceptors (Lipinski definition) is 5. The van der Waals surface area contributed by atoms with Crippen molar-refractivity contribution in [2.45, 2.75) is 31.1 Å². The molecule has 1 atom stereocenters. The number of aliphatic imine (C=N–C) groups is 1. The summed E-state index contributed by atoms with van der Waals surface area (Å²) in [6.07, 6.45) is 1.93. The molecule has 3 N–H and O–H groups in total. The van der Waals surface area contributed by atoms with Gasteiger partial charge in [0.25, 0.3) is 10.0 Å². The van der Waals surface area contributed by atoms with Gasteiger partial charge in [0.15, 0.2) is 0 Å². The Bertz CT molecular complexity index is 812. The number of carbonyl (C=O) groups is 1. The van der Waals surface area contributed by atoms with Gasteiger partial charge in [-0.2, -0.15) is 0 Å². The Morgan fingerprint density at radius 2 is 2.12 bits per heavy atom. The van der Waals surface area contributed by atoms with Gasteiger partial charge in [-0.15, -0.1) is 12.4 Å². The molecule has 9 heteroatoms. The average Bonchev–Trinajstić information content (AvgIpc) is 3.11. The molecule has 1 aromatic carbocycles. The lowest BCUT2D eigenvalue weighted by molar-refractivity contribution is -0.130. The summed E-state index contributed by atoms with van der Waals surface area (Å²) < 4.78 is 26.5. The highest BCUT2D eigenvalue weighted by atomic mass is 35.5. The molecule has 1 unspecified atom stereocenters. The zero-order valence-corrected chi connectivity index (χ0v) is 16.4. The van der Waals surface area contributed by atoms with Gasteiger partial charge in [0.2, 0.25) is 5.91 Å². The number of halogens is 1. The smallest absolute Gasteiger partial charge is 0.263 e. The first-order chi connectivity index (χ1) is 11.8. The van der Waals surface area contributed by atoms with Crippen molar-refractivity contribution in [2.75, 3.05) is 26.2 Å². The number of rotatable bonds is 5. The molecule has 3 rings (SSSR count). The molecule has 2 heterocycles. The van der Waals surface area contributed by atoms with E-state index < -0.39 is 10.0 Å². The summed E-state index contributed by atoms with van der Waals surface area (Å²) in [5.41, 5.74) is 6.39. The Kier molecular flexibility index (Phi) is 6.31. The van der Waals surface area contributed by atoms with Gasteiger partial charge >= 0.3 is 0 Å². The van der Waals surface area contributed by atoms with Crippen LogP contribution in [0.5, 0.6) is 0 Å². The highest BCUT2D eigenvalue weighted by molar-refractivity contribution is 7.90. The molecule has 0 aliphatic carbocycles. The van der Waals surface area contributed by atoms with Crippen LogP contribution in [-0.2, 0) is 14.8 Å². The predicted molar refractivity (Wildman–Crippen MR) is 103 cm³/mol. The van der Waals surface area contributed by atoms with Crippen molar-refractivity contribution in [1.82, 2.24) is 9.62 Å². The molecule has 144 valence electrons. The van der Waals surface area contributed by atoms with Crippen LogP contribution >= 0.6 is 12.4 Å². The van der Waals surface area contributed by atoms with Crippen molar-refractivity contribution in [1.29, 1.82) is 0 Å². The highest BCUT2D eigenvalue weighted by Gasteiger charge is 2.34. The van der Waals surface area contributed by atoms with Gasteiger partial charge in [0.05, 0.1) is 4.90 Å². The van der Waals surface area contributed by atoms with E-state index in [2.05, 4.69) is 16.6 Å². The Morgan fingerprint density at radius 1 is 1.38 bits per heavy atom. The fourth-order valence-electron chi connectivity index (χ4n) is 3.23. The number of hydrogen-bond donors (Lipinski definition) is 2. The van der Waals surface area contributed by atoms with E-state index in [-0.39, 0.29) is 28.6 Å². The molecule has 26 heavy (non-hydrogen) atoms. The van der Waals surface area contributed by atoms with Gasteiger partial charge in [0, 0.05) is 31.6 Å². The zero-order chi connectivity index (χ0) is 18.1. The van der Waals surface area contributed by atoms with Gasteiger partial charge < -0.3 is 10.6 Å². The molecule has 1 aromatic rings. The summed E-state index contributed by atoms with van der Waals surface area (Å²) in [7, 11) is -3.51. The van der Waals surface area contributed by atoms with Crippen LogP contribution in [-0.4, -0.2) is 51.2 Å². The van der Waals surface area contributed by atoms with Crippen LogP contribution in [0.4, 0.5) is 0 Å². The van der Waals surface area contributed by atoms with Gasteiger partial charge in [-0.1, -0.05) is 19.1 Å². The number of amides is 1.